The summed E-state index contributed by atoms with van der Waals surface area (Å²) in [6.45, 7) is 2.95. The molecule has 5 heteroatoms. The van der Waals surface area contributed by atoms with Crippen molar-refractivity contribution in [3.8, 4) is 0 Å². The summed E-state index contributed by atoms with van der Waals surface area (Å²) in [6, 6.07) is 3.53. The Hall–Kier alpha value is -1.30. The lowest BCUT2D eigenvalue weighted by molar-refractivity contribution is -0.208. The molecule has 0 aliphatic heterocycles. The molecule has 1 aromatic carbocycles. The summed E-state index contributed by atoms with van der Waals surface area (Å²) in [4.78, 5) is 0. The summed E-state index contributed by atoms with van der Waals surface area (Å²) in [5.41, 5.74) is 1.70. The van der Waals surface area contributed by atoms with Crippen molar-refractivity contribution in [3.05, 3.63) is 41.0 Å². The van der Waals surface area contributed by atoms with Gasteiger partial charge in [-0.15, -0.1) is 0 Å². The summed E-state index contributed by atoms with van der Waals surface area (Å²) in [5.74, 6) is -2.00. The zero-order valence-corrected chi connectivity index (χ0v) is 17.9. The molecule has 1 fully saturated rings. The van der Waals surface area contributed by atoms with Gasteiger partial charge < -0.3 is 14.2 Å². The monoisotopic (exact) mass is 408 g/mol. The fourth-order valence-electron chi connectivity index (χ4n) is 4.57. The Morgan fingerprint density at radius 3 is 2.34 bits per heavy atom. The van der Waals surface area contributed by atoms with Crippen LogP contribution in [0.25, 0.3) is 5.57 Å². The van der Waals surface area contributed by atoms with Gasteiger partial charge in [-0.25, -0.2) is 8.78 Å². The normalized spacial score (nSPS) is 24.4. The van der Waals surface area contributed by atoms with Crippen LogP contribution in [0.15, 0.2) is 18.2 Å². The molecule has 0 radical (unpaired) electrons. The van der Waals surface area contributed by atoms with Crippen molar-refractivity contribution in [2.24, 2.45) is 0 Å². The van der Waals surface area contributed by atoms with Gasteiger partial charge >= 0.3 is 0 Å². The highest BCUT2D eigenvalue weighted by atomic mass is 19.2. The second-order valence-electron chi connectivity index (χ2n) is 8.28. The van der Waals surface area contributed by atoms with E-state index in [9.17, 15) is 8.78 Å². The molecule has 1 aromatic rings. The van der Waals surface area contributed by atoms with Crippen molar-refractivity contribution >= 4 is 5.57 Å². The average molecular weight is 409 g/mol. The van der Waals surface area contributed by atoms with Crippen LogP contribution in [0.3, 0.4) is 0 Å². The lowest BCUT2D eigenvalue weighted by Crippen LogP contribution is -2.35. The van der Waals surface area contributed by atoms with E-state index in [1.165, 1.54) is 0 Å². The van der Waals surface area contributed by atoms with E-state index in [2.05, 4.69) is 6.92 Å². The predicted octanol–water partition coefficient (Wildman–Crippen LogP) is 6.36. The maximum Gasteiger partial charge on any atom is 0.171 e. The molecule has 0 amide bonds. The second-order valence-corrected chi connectivity index (χ2v) is 8.28. The Morgan fingerprint density at radius 2 is 1.76 bits per heavy atom. The Balaban J connectivity index is 1.67. The van der Waals surface area contributed by atoms with Gasteiger partial charge in [0.1, 0.15) is 0 Å². The first-order valence-electron chi connectivity index (χ1n) is 10.9. The van der Waals surface area contributed by atoms with Crippen molar-refractivity contribution in [2.45, 2.75) is 82.5 Å². The van der Waals surface area contributed by atoms with E-state index in [0.29, 0.717) is 30.4 Å². The fourth-order valence-corrected chi connectivity index (χ4v) is 4.57. The standard InChI is InChI=1S/C24H34F2O3/c1-4-5-16-29-19-8-6-17(7-9-19)20-10-11-21(23(26)22(20)25)18-12-14-24(27-2,28-3)15-13-18/h10-12,17,19H,4-9,13-16H2,1-3H3. The molecule has 1 saturated carbocycles. The Bertz CT molecular complexity index is 704. The summed E-state index contributed by atoms with van der Waals surface area (Å²) >= 11 is 0. The number of allylic oxidation sites excluding steroid dienone is 1. The van der Waals surface area contributed by atoms with E-state index in [4.69, 9.17) is 14.2 Å². The van der Waals surface area contributed by atoms with Gasteiger partial charge in [0, 0.05) is 39.2 Å². The zero-order chi connectivity index (χ0) is 20.9. The molecule has 0 N–H and O–H groups in total. The average Bonchev–Trinajstić information content (AvgIpc) is 2.77. The molecule has 0 spiro atoms. The van der Waals surface area contributed by atoms with Crippen molar-refractivity contribution in [1.29, 1.82) is 0 Å². The number of halogens is 2. The Kier molecular flexibility index (Phi) is 7.83. The fraction of sp³-hybridized carbons (Fsp3) is 0.667. The topological polar surface area (TPSA) is 27.7 Å². The SMILES string of the molecule is CCCCOC1CCC(c2ccc(C3=CCC(OC)(OC)CC3)c(F)c2F)CC1. The molecular weight excluding hydrogens is 374 g/mol. The first kappa shape index (κ1) is 22.4. The van der Waals surface area contributed by atoms with Crippen molar-refractivity contribution in [1.82, 2.24) is 0 Å². The van der Waals surface area contributed by atoms with Crippen molar-refractivity contribution < 1.29 is 23.0 Å². The number of hydrogen-bond acceptors (Lipinski definition) is 3. The number of hydrogen-bond donors (Lipinski definition) is 0. The van der Waals surface area contributed by atoms with Crippen LogP contribution in [-0.2, 0) is 14.2 Å². The van der Waals surface area contributed by atoms with Crippen molar-refractivity contribution in [3.63, 3.8) is 0 Å². The van der Waals surface area contributed by atoms with E-state index in [1.807, 2.05) is 6.08 Å². The number of benzene rings is 1. The lowest BCUT2D eigenvalue weighted by Gasteiger charge is -2.34. The predicted molar refractivity (Wildman–Crippen MR) is 111 cm³/mol. The number of methoxy groups -OCH3 is 2. The highest BCUT2D eigenvalue weighted by Gasteiger charge is 2.33. The number of ether oxygens (including phenoxy) is 3. The third-order valence-electron chi connectivity index (χ3n) is 6.60. The summed E-state index contributed by atoms with van der Waals surface area (Å²) in [7, 11) is 3.22. The first-order valence-corrected chi connectivity index (χ1v) is 10.9. The third-order valence-corrected chi connectivity index (χ3v) is 6.60. The maximum absolute atomic E-state index is 14.9. The molecule has 0 saturated heterocycles. The molecule has 0 atom stereocenters. The molecule has 0 heterocycles. The Labute approximate surface area is 173 Å². The minimum absolute atomic E-state index is 0.0690. The molecule has 2 aliphatic carbocycles. The van der Waals surface area contributed by atoms with Gasteiger partial charge in [-0.2, -0.15) is 0 Å². The molecule has 3 nitrogen and oxygen atoms in total. The maximum atomic E-state index is 14.9. The van der Waals surface area contributed by atoms with Gasteiger partial charge in [0.05, 0.1) is 6.10 Å². The quantitative estimate of drug-likeness (QED) is 0.370. The van der Waals surface area contributed by atoms with E-state index < -0.39 is 17.4 Å². The first-order chi connectivity index (χ1) is 14.0. The van der Waals surface area contributed by atoms with Gasteiger partial charge in [-0.3, -0.25) is 0 Å². The highest BCUT2D eigenvalue weighted by molar-refractivity contribution is 5.67. The second kappa shape index (κ2) is 10.1. The van der Waals surface area contributed by atoms with Crippen LogP contribution in [0.4, 0.5) is 8.78 Å². The molecule has 0 aromatic heterocycles. The van der Waals surface area contributed by atoms with Gasteiger partial charge in [-0.1, -0.05) is 31.6 Å². The highest BCUT2D eigenvalue weighted by Crippen LogP contribution is 2.40. The van der Waals surface area contributed by atoms with Crippen LogP contribution >= 0.6 is 0 Å². The van der Waals surface area contributed by atoms with E-state index in [0.717, 1.165) is 50.7 Å². The van der Waals surface area contributed by atoms with E-state index in [1.54, 1.807) is 26.4 Å². The van der Waals surface area contributed by atoms with E-state index in [-0.39, 0.29) is 12.0 Å². The van der Waals surface area contributed by atoms with Gasteiger partial charge in [0.15, 0.2) is 17.4 Å². The summed E-state index contributed by atoms with van der Waals surface area (Å²) < 4.78 is 46.7. The summed E-state index contributed by atoms with van der Waals surface area (Å²) in [6.07, 6.45) is 9.64. The molecular formula is C24H34F2O3. The minimum atomic E-state index is -0.725. The molecule has 0 bridgehead atoms. The Morgan fingerprint density at radius 1 is 1.03 bits per heavy atom. The van der Waals surface area contributed by atoms with Crippen LogP contribution in [0.1, 0.15) is 81.8 Å². The number of rotatable bonds is 8. The van der Waals surface area contributed by atoms with Crippen LogP contribution in [0, 0.1) is 11.6 Å². The van der Waals surface area contributed by atoms with Crippen LogP contribution in [0.5, 0.6) is 0 Å². The van der Waals surface area contributed by atoms with Crippen LogP contribution < -0.4 is 0 Å². The largest absolute Gasteiger partial charge is 0.378 e. The van der Waals surface area contributed by atoms with E-state index >= 15 is 0 Å². The molecule has 162 valence electrons. The molecule has 3 rings (SSSR count). The van der Waals surface area contributed by atoms with Gasteiger partial charge in [0.2, 0.25) is 0 Å². The summed E-state index contributed by atoms with van der Waals surface area (Å²) in [5, 5.41) is 0. The smallest absolute Gasteiger partial charge is 0.171 e. The minimum Gasteiger partial charge on any atom is -0.378 e. The van der Waals surface area contributed by atoms with Crippen LogP contribution in [0.2, 0.25) is 0 Å². The zero-order valence-electron chi connectivity index (χ0n) is 17.9. The van der Waals surface area contributed by atoms with Gasteiger partial charge in [-0.05, 0) is 55.6 Å². The molecule has 0 unspecified atom stereocenters. The molecule has 2 aliphatic rings. The number of unbranched alkanes of at least 4 members (excludes halogenated alkanes) is 1. The lowest BCUT2D eigenvalue weighted by atomic mass is 9.81. The molecule has 29 heavy (non-hydrogen) atoms. The van der Waals surface area contributed by atoms with Gasteiger partial charge in [0.25, 0.3) is 0 Å². The van der Waals surface area contributed by atoms with Crippen molar-refractivity contribution in [2.75, 3.05) is 20.8 Å². The third kappa shape index (κ3) is 5.07. The van der Waals surface area contributed by atoms with Crippen LogP contribution in [-0.4, -0.2) is 32.7 Å².